The normalized spacial score (nSPS) is 14.4. The van der Waals surface area contributed by atoms with Gasteiger partial charge in [-0.15, -0.1) is 0 Å². The molecule has 2 rings (SSSR count). The maximum Gasteiger partial charge on any atom is 0.278 e. The molecule has 0 radical (unpaired) electrons. The quantitative estimate of drug-likeness (QED) is 0.511. The SMILES string of the molecule is Cc1cc(Br)c(C2=CC(=O)NC2=O)c([N+](=O)[O-])c1. The number of nitrogens with one attached hydrogen (secondary N) is 1. The summed E-state index contributed by atoms with van der Waals surface area (Å²) in [5.74, 6) is -1.20. The number of imide groups is 1. The van der Waals surface area contributed by atoms with E-state index in [1.165, 1.54) is 6.07 Å². The first-order chi connectivity index (χ1) is 8.40. The highest BCUT2D eigenvalue weighted by Gasteiger charge is 2.30. The largest absolute Gasteiger partial charge is 0.289 e. The highest BCUT2D eigenvalue weighted by molar-refractivity contribution is 9.10. The van der Waals surface area contributed by atoms with E-state index >= 15 is 0 Å². The van der Waals surface area contributed by atoms with E-state index in [1.807, 2.05) is 0 Å². The molecule has 1 aliphatic heterocycles. The summed E-state index contributed by atoms with van der Waals surface area (Å²) in [6.45, 7) is 1.70. The lowest BCUT2D eigenvalue weighted by molar-refractivity contribution is -0.385. The minimum Gasteiger partial charge on any atom is -0.289 e. The van der Waals surface area contributed by atoms with Crippen LogP contribution in [0.2, 0.25) is 0 Å². The number of rotatable bonds is 2. The Hall–Kier alpha value is -2.02. The minimum atomic E-state index is -0.632. The number of halogens is 1. The van der Waals surface area contributed by atoms with E-state index in [9.17, 15) is 19.7 Å². The van der Waals surface area contributed by atoms with Gasteiger partial charge in [-0.05, 0) is 34.5 Å². The Labute approximate surface area is 110 Å². The molecule has 0 saturated heterocycles. The van der Waals surface area contributed by atoms with Crippen molar-refractivity contribution in [3.63, 3.8) is 0 Å². The monoisotopic (exact) mass is 310 g/mol. The number of carbonyl (C=O) groups is 2. The molecule has 0 bridgehead atoms. The van der Waals surface area contributed by atoms with Crippen LogP contribution in [-0.2, 0) is 9.59 Å². The molecule has 18 heavy (non-hydrogen) atoms. The predicted octanol–water partition coefficient (Wildman–Crippen LogP) is 1.71. The number of carbonyl (C=O) groups excluding carboxylic acids is 2. The van der Waals surface area contributed by atoms with Gasteiger partial charge in [0, 0.05) is 16.6 Å². The molecule has 0 aliphatic carbocycles. The molecule has 1 aromatic carbocycles. The topological polar surface area (TPSA) is 89.3 Å². The maximum atomic E-state index is 11.6. The van der Waals surface area contributed by atoms with Gasteiger partial charge in [0.05, 0.1) is 16.1 Å². The first-order valence-corrected chi connectivity index (χ1v) is 5.71. The first kappa shape index (κ1) is 12.4. The lowest BCUT2D eigenvalue weighted by Crippen LogP contribution is -2.22. The number of benzene rings is 1. The van der Waals surface area contributed by atoms with Gasteiger partial charge >= 0.3 is 0 Å². The van der Waals surface area contributed by atoms with Crippen LogP contribution in [0, 0.1) is 17.0 Å². The molecule has 2 amide bonds. The van der Waals surface area contributed by atoms with Gasteiger partial charge in [0.15, 0.2) is 0 Å². The third kappa shape index (κ3) is 2.04. The molecule has 7 heteroatoms. The van der Waals surface area contributed by atoms with Crippen molar-refractivity contribution in [2.24, 2.45) is 0 Å². The van der Waals surface area contributed by atoms with Crippen molar-refractivity contribution in [2.45, 2.75) is 6.92 Å². The number of amides is 2. The molecule has 1 heterocycles. The molecule has 1 aromatic rings. The van der Waals surface area contributed by atoms with Crippen molar-refractivity contribution in [1.29, 1.82) is 0 Å². The Kier molecular flexibility index (Phi) is 3.00. The lowest BCUT2D eigenvalue weighted by Gasteiger charge is -2.06. The van der Waals surface area contributed by atoms with Gasteiger partial charge in [0.1, 0.15) is 0 Å². The Balaban J connectivity index is 2.71. The van der Waals surface area contributed by atoms with Gasteiger partial charge < -0.3 is 0 Å². The molecule has 0 saturated carbocycles. The zero-order valence-corrected chi connectivity index (χ0v) is 10.8. The fourth-order valence-corrected chi connectivity index (χ4v) is 2.51. The highest BCUT2D eigenvalue weighted by atomic mass is 79.9. The molecule has 1 aliphatic rings. The van der Waals surface area contributed by atoms with Crippen molar-refractivity contribution in [3.05, 3.63) is 43.9 Å². The molecule has 0 atom stereocenters. The number of aryl methyl sites for hydroxylation is 1. The van der Waals surface area contributed by atoms with E-state index in [1.54, 1.807) is 13.0 Å². The number of nitro groups is 1. The Morgan fingerprint density at radius 1 is 1.33 bits per heavy atom. The summed E-state index contributed by atoms with van der Waals surface area (Å²) in [6, 6.07) is 3.01. The molecule has 1 N–H and O–H groups in total. The summed E-state index contributed by atoms with van der Waals surface area (Å²) in [5, 5.41) is 13.1. The third-order valence-corrected chi connectivity index (χ3v) is 3.06. The van der Waals surface area contributed by atoms with E-state index in [0.29, 0.717) is 10.0 Å². The molecule has 0 aromatic heterocycles. The fourth-order valence-electron chi connectivity index (χ4n) is 1.73. The van der Waals surface area contributed by atoms with Crippen LogP contribution in [-0.4, -0.2) is 16.7 Å². The zero-order chi connectivity index (χ0) is 13.4. The number of hydrogen-bond donors (Lipinski definition) is 1. The van der Waals surface area contributed by atoms with E-state index in [-0.39, 0.29) is 16.8 Å². The Morgan fingerprint density at radius 3 is 2.50 bits per heavy atom. The van der Waals surface area contributed by atoms with E-state index < -0.39 is 16.7 Å². The fraction of sp³-hybridized carbons (Fsp3) is 0.0909. The van der Waals surface area contributed by atoms with Crippen LogP contribution in [0.3, 0.4) is 0 Å². The standard InChI is InChI=1S/C11H7BrN2O4/c1-5-2-7(12)10(8(3-5)14(17)18)6-4-9(15)13-11(6)16/h2-4H,1H3,(H,13,15,16). The Morgan fingerprint density at radius 2 is 2.00 bits per heavy atom. The second-order valence-electron chi connectivity index (χ2n) is 3.77. The van der Waals surface area contributed by atoms with Gasteiger partial charge in [0.25, 0.3) is 17.5 Å². The summed E-state index contributed by atoms with van der Waals surface area (Å²) in [4.78, 5) is 33.1. The van der Waals surface area contributed by atoms with Gasteiger partial charge in [-0.25, -0.2) is 0 Å². The molecule has 92 valence electrons. The van der Waals surface area contributed by atoms with Gasteiger partial charge in [-0.3, -0.25) is 25.0 Å². The number of hydrogen-bond acceptors (Lipinski definition) is 4. The average Bonchev–Trinajstić information content (AvgIpc) is 2.56. The van der Waals surface area contributed by atoms with Crippen molar-refractivity contribution in [3.8, 4) is 0 Å². The summed E-state index contributed by atoms with van der Waals surface area (Å²) < 4.78 is 0.408. The van der Waals surface area contributed by atoms with Crippen LogP contribution in [0.25, 0.3) is 5.57 Å². The molecular formula is C11H7BrN2O4. The minimum absolute atomic E-state index is 0.00132. The first-order valence-electron chi connectivity index (χ1n) is 4.92. The van der Waals surface area contributed by atoms with E-state index in [4.69, 9.17) is 0 Å². The van der Waals surface area contributed by atoms with E-state index in [2.05, 4.69) is 21.2 Å². The van der Waals surface area contributed by atoms with Crippen LogP contribution in [0.5, 0.6) is 0 Å². The maximum absolute atomic E-state index is 11.6. The van der Waals surface area contributed by atoms with Crippen LogP contribution in [0.15, 0.2) is 22.7 Å². The second kappa shape index (κ2) is 4.34. The molecule has 0 unspecified atom stereocenters. The predicted molar refractivity (Wildman–Crippen MR) is 66.7 cm³/mol. The molecule has 0 spiro atoms. The van der Waals surface area contributed by atoms with Crippen molar-refractivity contribution in [1.82, 2.24) is 5.32 Å². The number of nitrogens with zero attached hydrogens (tertiary/aromatic N) is 1. The van der Waals surface area contributed by atoms with Crippen LogP contribution in [0.1, 0.15) is 11.1 Å². The summed E-state index contributed by atoms with van der Waals surface area (Å²) >= 11 is 3.19. The van der Waals surface area contributed by atoms with E-state index in [0.717, 1.165) is 6.08 Å². The van der Waals surface area contributed by atoms with Gasteiger partial charge in [0.2, 0.25) is 0 Å². The lowest BCUT2D eigenvalue weighted by atomic mass is 10.0. The molecular weight excluding hydrogens is 304 g/mol. The van der Waals surface area contributed by atoms with Crippen LogP contribution in [0.4, 0.5) is 5.69 Å². The molecule has 0 fully saturated rings. The summed E-state index contributed by atoms with van der Waals surface area (Å²) in [7, 11) is 0. The van der Waals surface area contributed by atoms with Crippen LogP contribution < -0.4 is 5.32 Å². The van der Waals surface area contributed by atoms with Crippen molar-refractivity contribution < 1.29 is 14.5 Å². The van der Waals surface area contributed by atoms with Gasteiger partial charge in [-0.2, -0.15) is 0 Å². The third-order valence-electron chi connectivity index (χ3n) is 2.44. The molecule has 6 nitrogen and oxygen atoms in total. The zero-order valence-electron chi connectivity index (χ0n) is 9.19. The number of nitro benzene ring substituents is 1. The van der Waals surface area contributed by atoms with Crippen LogP contribution >= 0.6 is 15.9 Å². The Bertz CT molecular complexity index is 622. The average molecular weight is 311 g/mol. The highest BCUT2D eigenvalue weighted by Crippen LogP contribution is 2.35. The second-order valence-corrected chi connectivity index (χ2v) is 4.63. The summed E-state index contributed by atoms with van der Waals surface area (Å²) in [6.07, 6.45) is 1.06. The van der Waals surface area contributed by atoms with Gasteiger partial charge in [-0.1, -0.05) is 0 Å². The summed E-state index contributed by atoms with van der Waals surface area (Å²) in [5.41, 5.74) is 0.591. The van der Waals surface area contributed by atoms with Crippen molar-refractivity contribution >= 4 is 39.0 Å². The smallest absolute Gasteiger partial charge is 0.278 e. The van der Waals surface area contributed by atoms with Crippen molar-refractivity contribution in [2.75, 3.05) is 0 Å².